The topological polar surface area (TPSA) is 3.24 Å². The zero-order valence-electron chi connectivity index (χ0n) is 12.4. The van der Waals surface area contributed by atoms with Crippen molar-refractivity contribution >= 4 is 11.9 Å². The summed E-state index contributed by atoms with van der Waals surface area (Å²) in [6.07, 6.45) is 7.92. The lowest BCUT2D eigenvalue weighted by atomic mass is 10.0. The fraction of sp³-hybridized carbons (Fsp3) is 0.647. The number of piperidine rings is 1. The minimum Gasteiger partial charge on any atom is -0.246 e. The lowest BCUT2D eigenvalue weighted by molar-refractivity contribution is 0.308. The Morgan fingerprint density at radius 1 is 1.11 bits per heavy atom. The van der Waals surface area contributed by atoms with Crippen LogP contribution in [0.5, 0.6) is 0 Å². The fourth-order valence-electron chi connectivity index (χ4n) is 2.52. The van der Waals surface area contributed by atoms with E-state index in [-0.39, 0.29) is 0 Å². The molecule has 0 atom stereocenters. The largest absolute Gasteiger partial charge is 0.246 e. The van der Waals surface area contributed by atoms with Crippen molar-refractivity contribution in [3.8, 4) is 0 Å². The van der Waals surface area contributed by atoms with Crippen molar-refractivity contribution in [1.29, 1.82) is 0 Å². The molecule has 0 radical (unpaired) electrons. The van der Waals surface area contributed by atoms with Gasteiger partial charge in [0, 0.05) is 18.0 Å². The van der Waals surface area contributed by atoms with Gasteiger partial charge in [0.1, 0.15) is 0 Å². The third-order valence-corrected chi connectivity index (χ3v) is 5.08. The van der Waals surface area contributed by atoms with Crippen molar-refractivity contribution in [3.63, 3.8) is 0 Å². The zero-order chi connectivity index (χ0) is 13.5. The highest BCUT2D eigenvalue weighted by atomic mass is 32.2. The Hall–Kier alpha value is -0.470. The molecule has 1 aromatic carbocycles. The summed E-state index contributed by atoms with van der Waals surface area (Å²) in [5, 5.41) is 0. The van der Waals surface area contributed by atoms with Crippen molar-refractivity contribution in [2.24, 2.45) is 5.92 Å². The van der Waals surface area contributed by atoms with Crippen LogP contribution in [0.15, 0.2) is 29.2 Å². The van der Waals surface area contributed by atoms with E-state index in [0.717, 1.165) is 5.92 Å². The van der Waals surface area contributed by atoms with Crippen LogP contribution in [-0.2, 0) is 6.42 Å². The van der Waals surface area contributed by atoms with E-state index in [1.54, 1.807) is 0 Å². The molecule has 1 aliphatic rings. The SMILES string of the molecule is CCCCCc1ccc(SN2CCC(C)CC2)cc1. The summed E-state index contributed by atoms with van der Waals surface area (Å²) in [4.78, 5) is 1.40. The first-order chi connectivity index (χ1) is 9.28. The van der Waals surface area contributed by atoms with Gasteiger partial charge in [0.2, 0.25) is 0 Å². The minimum absolute atomic E-state index is 0.915. The third kappa shape index (κ3) is 5.19. The molecule has 0 aromatic heterocycles. The summed E-state index contributed by atoms with van der Waals surface area (Å²) in [6, 6.07) is 9.21. The molecule has 19 heavy (non-hydrogen) atoms. The molecule has 0 N–H and O–H groups in total. The second-order valence-corrected chi connectivity index (χ2v) is 6.97. The molecular formula is C17H27NS. The molecule has 1 aliphatic heterocycles. The second-order valence-electron chi connectivity index (χ2n) is 5.80. The summed E-state index contributed by atoms with van der Waals surface area (Å²) in [6.45, 7) is 7.11. The molecule has 0 spiro atoms. The minimum atomic E-state index is 0.915. The van der Waals surface area contributed by atoms with Crippen molar-refractivity contribution in [1.82, 2.24) is 4.31 Å². The van der Waals surface area contributed by atoms with Crippen LogP contribution in [0.3, 0.4) is 0 Å². The number of aryl methyl sites for hydroxylation is 1. The highest BCUT2D eigenvalue weighted by molar-refractivity contribution is 7.97. The van der Waals surface area contributed by atoms with Crippen LogP contribution < -0.4 is 0 Å². The summed E-state index contributed by atoms with van der Waals surface area (Å²) in [5.41, 5.74) is 1.49. The Morgan fingerprint density at radius 2 is 1.79 bits per heavy atom. The number of hydrogen-bond donors (Lipinski definition) is 0. The van der Waals surface area contributed by atoms with E-state index in [1.807, 2.05) is 11.9 Å². The highest BCUT2D eigenvalue weighted by Crippen LogP contribution is 2.28. The maximum atomic E-state index is 2.52. The molecule has 1 fully saturated rings. The molecule has 0 saturated carbocycles. The zero-order valence-corrected chi connectivity index (χ0v) is 13.2. The van der Waals surface area contributed by atoms with Gasteiger partial charge in [-0.15, -0.1) is 0 Å². The van der Waals surface area contributed by atoms with Gasteiger partial charge in [-0.05, 0) is 61.2 Å². The van der Waals surface area contributed by atoms with E-state index >= 15 is 0 Å². The first kappa shape index (κ1) is 14.9. The Morgan fingerprint density at radius 3 is 2.42 bits per heavy atom. The van der Waals surface area contributed by atoms with E-state index < -0.39 is 0 Å². The second kappa shape index (κ2) is 7.96. The summed E-state index contributed by atoms with van der Waals surface area (Å²) >= 11 is 1.94. The van der Waals surface area contributed by atoms with E-state index in [2.05, 4.69) is 42.4 Å². The van der Waals surface area contributed by atoms with E-state index in [9.17, 15) is 0 Å². The smallest absolute Gasteiger partial charge is 0.0230 e. The normalized spacial score (nSPS) is 17.8. The molecule has 1 aromatic rings. The van der Waals surface area contributed by atoms with Gasteiger partial charge in [0.05, 0.1) is 0 Å². The summed E-state index contributed by atoms with van der Waals surface area (Å²) in [7, 11) is 0. The van der Waals surface area contributed by atoms with Gasteiger partial charge in [-0.3, -0.25) is 0 Å². The van der Waals surface area contributed by atoms with Gasteiger partial charge < -0.3 is 0 Å². The molecule has 1 saturated heterocycles. The lowest BCUT2D eigenvalue weighted by Gasteiger charge is -2.28. The van der Waals surface area contributed by atoms with Crippen molar-refractivity contribution in [2.45, 2.75) is 57.3 Å². The molecule has 1 heterocycles. The molecule has 0 amide bonds. The van der Waals surface area contributed by atoms with Crippen molar-refractivity contribution < 1.29 is 0 Å². The van der Waals surface area contributed by atoms with Gasteiger partial charge in [0.25, 0.3) is 0 Å². The van der Waals surface area contributed by atoms with E-state index in [4.69, 9.17) is 0 Å². The average Bonchev–Trinajstić information content (AvgIpc) is 2.44. The predicted molar refractivity (Wildman–Crippen MR) is 85.5 cm³/mol. The Kier molecular flexibility index (Phi) is 6.25. The van der Waals surface area contributed by atoms with E-state index in [1.165, 1.54) is 62.1 Å². The van der Waals surface area contributed by atoms with Crippen LogP contribution in [0.25, 0.3) is 0 Å². The first-order valence-electron chi connectivity index (χ1n) is 7.80. The van der Waals surface area contributed by atoms with Gasteiger partial charge >= 0.3 is 0 Å². The standard InChI is InChI=1S/C17H27NS/c1-3-4-5-6-16-7-9-17(10-8-16)19-18-13-11-15(2)12-14-18/h7-10,15H,3-6,11-14H2,1-2H3. The average molecular weight is 277 g/mol. The maximum absolute atomic E-state index is 2.52. The molecule has 1 nitrogen and oxygen atoms in total. The lowest BCUT2D eigenvalue weighted by Crippen LogP contribution is -2.27. The van der Waals surface area contributed by atoms with E-state index in [0.29, 0.717) is 0 Å². The Bertz CT molecular complexity index is 352. The number of rotatable bonds is 6. The molecule has 0 bridgehead atoms. The van der Waals surface area contributed by atoms with Crippen LogP contribution >= 0.6 is 11.9 Å². The third-order valence-electron chi connectivity index (χ3n) is 3.97. The molecule has 2 rings (SSSR count). The fourth-order valence-corrected chi connectivity index (χ4v) is 3.47. The molecule has 106 valence electrons. The number of benzene rings is 1. The quantitative estimate of drug-likeness (QED) is 0.522. The molecule has 2 heteroatoms. The van der Waals surface area contributed by atoms with Crippen molar-refractivity contribution in [2.75, 3.05) is 13.1 Å². The maximum Gasteiger partial charge on any atom is 0.0230 e. The van der Waals surface area contributed by atoms with Gasteiger partial charge in [-0.2, -0.15) is 0 Å². The van der Waals surface area contributed by atoms with Crippen LogP contribution in [0.1, 0.15) is 51.5 Å². The monoisotopic (exact) mass is 277 g/mol. The van der Waals surface area contributed by atoms with Gasteiger partial charge in [-0.1, -0.05) is 38.8 Å². The van der Waals surface area contributed by atoms with Crippen LogP contribution in [0, 0.1) is 5.92 Å². The Labute approximate surface area is 122 Å². The number of nitrogens with zero attached hydrogens (tertiary/aromatic N) is 1. The van der Waals surface area contributed by atoms with Crippen LogP contribution in [-0.4, -0.2) is 17.4 Å². The first-order valence-corrected chi connectivity index (χ1v) is 8.57. The molecular weight excluding hydrogens is 250 g/mol. The molecule has 0 unspecified atom stereocenters. The predicted octanol–water partition coefficient (Wildman–Crippen LogP) is 5.16. The summed E-state index contributed by atoms with van der Waals surface area (Å²) < 4.78 is 2.52. The highest BCUT2D eigenvalue weighted by Gasteiger charge is 2.16. The Balaban J connectivity index is 1.78. The number of hydrogen-bond acceptors (Lipinski definition) is 2. The van der Waals surface area contributed by atoms with Crippen LogP contribution in [0.4, 0.5) is 0 Å². The molecule has 0 aliphatic carbocycles. The summed E-state index contributed by atoms with van der Waals surface area (Å²) in [5.74, 6) is 0.915. The van der Waals surface area contributed by atoms with Gasteiger partial charge in [0.15, 0.2) is 0 Å². The van der Waals surface area contributed by atoms with Crippen molar-refractivity contribution in [3.05, 3.63) is 29.8 Å². The van der Waals surface area contributed by atoms with Gasteiger partial charge in [-0.25, -0.2) is 4.31 Å². The number of unbranched alkanes of at least 4 members (excludes halogenated alkanes) is 2. The van der Waals surface area contributed by atoms with Crippen LogP contribution in [0.2, 0.25) is 0 Å².